The van der Waals surface area contributed by atoms with Gasteiger partial charge in [-0.3, -0.25) is 4.79 Å². The fourth-order valence-electron chi connectivity index (χ4n) is 3.60. The molecule has 0 saturated heterocycles. The highest BCUT2D eigenvalue weighted by molar-refractivity contribution is 5.92. The zero-order valence-corrected chi connectivity index (χ0v) is 17.6. The molecule has 0 heterocycles. The third kappa shape index (κ3) is 5.89. The van der Waals surface area contributed by atoms with Crippen LogP contribution in [0.2, 0.25) is 0 Å². The lowest BCUT2D eigenvalue weighted by atomic mass is 10.1. The summed E-state index contributed by atoms with van der Waals surface area (Å²) >= 11 is 0. The minimum absolute atomic E-state index is 0.115. The van der Waals surface area contributed by atoms with Crippen molar-refractivity contribution in [1.29, 1.82) is 0 Å². The van der Waals surface area contributed by atoms with Gasteiger partial charge in [0.25, 0.3) is 0 Å². The summed E-state index contributed by atoms with van der Waals surface area (Å²) < 4.78 is 10.6. The maximum atomic E-state index is 12.3. The Morgan fingerprint density at radius 1 is 1.07 bits per heavy atom. The molecule has 0 unspecified atom stereocenters. The standard InChI is InChI=1S/C23H30N4O3/c1-29-20-11-10-17(13-21(20)30-2)15-26-23(24)25-14-16-6-5-9-19(12-16)27-22(28)18-7-3-4-8-18/h5-6,9-13,18H,3-4,7-8,14-15H2,1-2H3,(H,27,28)(H3,24,25,26). The second kappa shape index (κ2) is 10.5. The summed E-state index contributed by atoms with van der Waals surface area (Å²) in [7, 11) is 3.21. The number of hydrogen-bond acceptors (Lipinski definition) is 4. The lowest BCUT2D eigenvalue weighted by Crippen LogP contribution is -2.31. The van der Waals surface area contributed by atoms with Crippen molar-refractivity contribution in [2.24, 2.45) is 16.6 Å². The Labute approximate surface area is 177 Å². The molecule has 7 nitrogen and oxygen atoms in total. The van der Waals surface area contributed by atoms with Crippen molar-refractivity contribution in [3.05, 3.63) is 53.6 Å². The van der Waals surface area contributed by atoms with Crippen LogP contribution < -0.4 is 25.8 Å². The van der Waals surface area contributed by atoms with Crippen LogP contribution in [0.3, 0.4) is 0 Å². The van der Waals surface area contributed by atoms with Gasteiger partial charge in [-0.25, -0.2) is 4.99 Å². The lowest BCUT2D eigenvalue weighted by molar-refractivity contribution is -0.119. The molecule has 0 bridgehead atoms. The van der Waals surface area contributed by atoms with Gasteiger partial charge in [0.05, 0.1) is 20.8 Å². The number of rotatable bonds is 8. The van der Waals surface area contributed by atoms with Crippen LogP contribution in [0.25, 0.3) is 0 Å². The van der Waals surface area contributed by atoms with Gasteiger partial charge in [0.15, 0.2) is 17.5 Å². The topological polar surface area (TPSA) is 98.0 Å². The molecule has 0 aliphatic heterocycles. The molecule has 1 aliphatic rings. The fraction of sp³-hybridized carbons (Fsp3) is 0.391. The number of carbonyl (C=O) groups excluding carboxylic acids is 1. The number of aliphatic imine (C=N–C) groups is 1. The second-order valence-corrected chi connectivity index (χ2v) is 7.42. The molecule has 1 fully saturated rings. The van der Waals surface area contributed by atoms with E-state index in [1.807, 2.05) is 42.5 Å². The van der Waals surface area contributed by atoms with Gasteiger partial charge in [0, 0.05) is 18.2 Å². The van der Waals surface area contributed by atoms with E-state index in [9.17, 15) is 4.79 Å². The number of amides is 1. The number of hydrogen-bond donors (Lipinski definition) is 3. The van der Waals surface area contributed by atoms with Gasteiger partial charge in [-0.15, -0.1) is 0 Å². The van der Waals surface area contributed by atoms with Gasteiger partial charge >= 0.3 is 0 Å². The number of benzene rings is 2. The maximum Gasteiger partial charge on any atom is 0.227 e. The lowest BCUT2D eigenvalue weighted by Gasteiger charge is -2.11. The molecular weight excluding hydrogens is 380 g/mol. The van der Waals surface area contributed by atoms with E-state index in [1.54, 1.807) is 14.2 Å². The normalized spacial score (nSPS) is 14.4. The predicted octanol–water partition coefficient (Wildman–Crippen LogP) is 3.44. The van der Waals surface area contributed by atoms with Gasteiger partial charge < -0.3 is 25.8 Å². The van der Waals surface area contributed by atoms with Gasteiger partial charge in [-0.1, -0.05) is 31.0 Å². The minimum atomic E-state index is 0.115. The molecule has 3 rings (SSSR count). The molecule has 0 spiro atoms. The Balaban J connectivity index is 1.53. The number of ether oxygens (including phenoxy) is 2. The molecule has 2 aromatic rings. The van der Waals surface area contributed by atoms with E-state index < -0.39 is 0 Å². The number of nitrogens with zero attached hydrogens (tertiary/aromatic N) is 1. The van der Waals surface area contributed by atoms with Crippen LogP contribution in [0.1, 0.15) is 36.8 Å². The highest BCUT2D eigenvalue weighted by atomic mass is 16.5. The number of nitrogens with two attached hydrogens (primary N) is 1. The molecule has 4 N–H and O–H groups in total. The van der Waals surface area contributed by atoms with E-state index in [0.717, 1.165) is 42.5 Å². The summed E-state index contributed by atoms with van der Waals surface area (Å²) in [5, 5.41) is 6.13. The summed E-state index contributed by atoms with van der Waals surface area (Å²) in [5.74, 6) is 1.96. The first-order valence-corrected chi connectivity index (χ1v) is 10.2. The van der Waals surface area contributed by atoms with E-state index in [2.05, 4.69) is 15.6 Å². The largest absolute Gasteiger partial charge is 0.493 e. The molecule has 1 amide bonds. The number of methoxy groups -OCH3 is 2. The summed E-state index contributed by atoms with van der Waals surface area (Å²) in [6.45, 7) is 0.949. The molecule has 1 saturated carbocycles. The summed E-state index contributed by atoms with van der Waals surface area (Å²) in [5.41, 5.74) is 8.80. The molecule has 1 aliphatic carbocycles. The Morgan fingerprint density at radius 3 is 2.57 bits per heavy atom. The molecule has 0 atom stereocenters. The summed E-state index contributed by atoms with van der Waals surface area (Å²) in [4.78, 5) is 16.7. The molecule has 7 heteroatoms. The van der Waals surface area contributed by atoms with Crippen molar-refractivity contribution >= 4 is 17.6 Å². The second-order valence-electron chi connectivity index (χ2n) is 7.42. The first-order valence-electron chi connectivity index (χ1n) is 10.2. The van der Waals surface area contributed by atoms with E-state index in [1.165, 1.54) is 0 Å². The molecule has 0 radical (unpaired) electrons. The third-order valence-corrected chi connectivity index (χ3v) is 5.27. The van der Waals surface area contributed by atoms with Crippen LogP contribution in [0.5, 0.6) is 11.5 Å². The van der Waals surface area contributed by atoms with Crippen molar-refractivity contribution in [2.45, 2.75) is 38.8 Å². The zero-order valence-electron chi connectivity index (χ0n) is 17.6. The smallest absolute Gasteiger partial charge is 0.227 e. The Kier molecular flexibility index (Phi) is 7.54. The average Bonchev–Trinajstić information content (AvgIpc) is 3.31. The van der Waals surface area contributed by atoms with Crippen LogP contribution in [0, 0.1) is 5.92 Å². The predicted molar refractivity (Wildman–Crippen MR) is 119 cm³/mol. The first kappa shape index (κ1) is 21.5. The summed E-state index contributed by atoms with van der Waals surface area (Å²) in [6, 6.07) is 13.4. The van der Waals surface area contributed by atoms with Crippen molar-refractivity contribution in [2.75, 3.05) is 19.5 Å². The van der Waals surface area contributed by atoms with Crippen LogP contribution in [0.15, 0.2) is 47.5 Å². The molecule has 0 aromatic heterocycles. The van der Waals surface area contributed by atoms with E-state index in [0.29, 0.717) is 30.5 Å². The number of carbonyl (C=O) groups is 1. The SMILES string of the molecule is COc1ccc(CNC(N)=NCc2cccc(NC(=O)C3CCCC3)c2)cc1OC. The Hall–Kier alpha value is -3.22. The molecule has 160 valence electrons. The summed E-state index contributed by atoms with van der Waals surface area (Å²) in [6.07, 6.45) is 4.25. The van der Waals surface area contributed by atoms with Crippen LogP contribution in [-0.2, 0) is 17.9 Å². The highest BCUT2D eigenvalue weighted by Crippen LogP contribution is 2.27. The van der Waals surface area contributed by atoms with Gasteiger partial charge in [0.2, 0.25) is 5.91 Å². The van der Waals surface area contributed by atoms with Crippen molar-refractivity contribution in [3.8, 4) is 11.5 Å². The monoisotopic (exact) mass is 410 g/mol. The fourth-order valence-corrected chi connectivity index (χ4v) is 3.60. The van der Waals surface area contributed by atoms with Crippen LogP contribution in [-0.4, -0.2) is 26.1 Å². The van der Waals surface area contributed by atoms with Crippen molar-refractivity contribution < 1.29 is 14.3 Å². The first-order chi connectivity index (χ1) is 14.6. The Morgan fingerprint density at radius 2 is 1.83 bits per heavy atom. The number of nitrogens with one attached hydrogen (secondary N) is 2. The zero-order chi connectivity index (χ0) is 21.3. The Bertz CT molecular complexity index is 892. The number of anilines is 1. The van der Waals surface area contributed by atoms with E-state index in [-0.39, 0.29) is 11.8 Å². The van der Waals surface area contributed by atoms with Crippen LogP contribution in [0.4, 0.5) is 5.69 Å². The maximum absolute atomic E-state index is 12.3. The van der Waals surface area contributed by atoms with Gasteiger partial charge in [0.1, 0.15) is 0 Å². The van der Waals surface area contributed by atoms with Gasteiger partial charge in [-0.05, 0) is 48.2 Å². The molecule has 30 heavy (non-hydrogen) atoms. The van der Waals surface area contributed by atoms with Crippen molar-refractivity contribution in [3.63, 3.8) is 0 Å². The minimum Gasteiger partial charge on any atom is -0.493 e. The average molecular weight is 411 g/mol. The quantitative estimate of drug-likeness (QED) is 0.457. The van der Waals surface area contributed by atoms with E-state index in [4.69, 9.17) is 15.2 Å². The highest BCUT2D eigenvalue weighted by Gasteiger charge is 2.22. The van der Waals surface area contributed by atoms with E-state index >= 15 is 0 Å². The number of guanidine groups is 1. The van der Waals surface area contributed by atoms with Crippen LogP contribution >= 0.6 is 0 Å². The molecular formula is C23H30N4O3. The van der Waals surface area contributed by atoms with Gasteiger partial charge in [-0.2, -0.15) is 0 Å². The molecule has 2 aromatic carbocycles. The third-order valence-electron chi connectivity index (χ3n) is 5.27. The van der Waals surface area contributed by atoms with Crippen molar-refractivity contribution in [1.82, 2.24) is 5.32 Å².